The summed E-state index contributed by atoms with van der Waals surface area (Å²) in [5.74, 6) is 1.48. The first-order valence-electron chi connectivity index (χ1n) is 6.72. The maximum atomic E-state index is 5.82. The molecule has 1 aromatic heterocycles. The zero-order valence-corrected chi connectivity index (χ0v) is 12.2. The molecule has 0 atom stereocenters. The lowest BCUT2D eigenvalue weighted by Crippen LogP contribution is -2.11. The Morgan fingerprint density at radius 2 is 2.10 bits per heavy atom. The second-order valence-electron chi connectivity index (χ2n) is 4.53. The summed E-state index contributed by atoms with van der Waals surface area (Å²) in [7, 11) is 3.54. The van der Waals surface area contributed by atoms with E-state index in [0.29, 0.717) is 6.61 Å². The number of rotatable bonds is 7. The lowest BCUT2D eigenvalue weighted by atomic mass is 10.2. The standard InChI is InChI=1S/C15H21N3O2/c1-4-16-10-12-5-6-14(19-3)15(9-12)20-11-13-7-8-18(2)17-13/h5-9,16H,4,10-11H2,1-3H3. The molecule has 0 unspecified atom stereocenters. The molecule has 0 aliphatic heterocycles. The molecule has 1 N–H and O–H groups in total. The molecule has 2 aromatic rings. The van der Waals surface area contributed by atoms with Gasteiger partial charge in [-0.05, 0) is 30.3 Å². The zero-order valence-electron chi connectivity index (χ0n) is 12.2. The summed E-state index contributed by atoms with van der Waals surface area (Å²) in [5, 5.41) is 7.59. The van der Waals surface area contributed by atoms with Crippen molar-refractivity contribution in [2.75, 3.05) is 13.7 Å². The molecule has 0 aliphatic rings. The van der Waals surface area contributed by atoms with Crippen LogP contribution in [0.1, 0.15) is 18.2 Å². The summed E-state index contributed by atoms with van der Waals surface area (Å²) in [6, 6.07) is 7.91. The number of ether oxygens (including phenoxy) is 2. The van der Waals surface area contributed by atoms with Gasteiger partial charge in [0.05, 0.1) is 12.8 Å². The Balaban J connectivity index is 2.07. The summed E-state index contributed by atoms with van der Waals surface area (Å²) in [4.78, 5) is 0. The normalized spacial score (nSPS) is 10.6. The summed E-state index contributed by atoms with van der Waals surface area (Å²) >= 11 is 0. The SMILES string of the molecule is CCNCc1ccc(OC)c(OCc2ccn(C)n2)c1. The highest BCUT2D eigenvalue weighted by atomic mass is 16.5. The third-order valence-electron chi connectivity index (χ3n) is 2.95. The molecule has 20 heavy (non-hydrogen) atoms. The Morgan fingerprint density at radius 1 is 1.25 bits per heavy atom. The second kappa shape index (κ2) is 6.96. The number of hydrogen-bond donors (Lipinski definition) is 1. The van der Waals surface area contributed by atoms with Gasteiger partial charge in [0.2, 0.25) is 0 Å². The number of methoxy groups -OCH3 is 1. The van der Waals surface area contributed by atoms with Crippen LogP contribution >= 0.6 is 0 Å². The molecule has 0 saturated carbocycles. The van der Waals surface area contributed by atoms with E-state index in [0.717, 1.165) is 30.3 Å². The van der Waals surface area contributed by atoms with E-state index in [1.54, 1.807) is 11.8 Å². The predicted octanol–water partition coefficient (Wildman–Crippen LogP) is 2.12. The van der Waals surface area contributed by atoms with E-state index in [2.05, 4.69) is 17.3 Å². The van der Waals surface area contributed by atoms with Crippen molar-refractivity contribution >= 4 is 0 Å². The van der Waals surface area contributed by atoms with Crippen LogP contribution in [0.3, 0.4) is 0 Å². The van der Waals surface area contributed by atoms with E-state index in [1.807, 2.05) is 37.5 Å². The van der Waals surface area contributed by atoms with Crippen LogP contribution in [0.2, 0.25) is 0 Å². The van der Waals surface area contributed by atoms with Crippen LogP contribution in [-0.4, -0.2) is 23.4 Å². The topological polar surface area (TPSA) is 48.3 Å². The smallest absolute Gasteiger partial charge is 0.162 e. The third kappa shape index (κ3) is 3.74. The third-order valence-corrected chi connectivity index (χ3v) is 2.95. The molecule has 0 spiro atoms. The molecule has 2 rings (SSSR count). The monoisotopic (exact) mass is 275 g/mol. The molecule has 1 aromatic carbocycles. The number of aromatic nitrogens is 2. The summed E-state index contributed by atoms with van der Waals surface area (Å²) in [6.45, 7) is 4.28. The average Bonchev–Trinajstić information content (AvgIpc) is 2.88. The molecule has 0 fully saturated rings. The summed E-state index contributed by atoms with van der Waals surface area (Å²) in [5.41, 5.74) is 2.07. The maximum absolute atomic E-state index is 5.82. The molecule has 5 nitrogen and oxygen atoms in total. The minimum atomic E-state index is 0.432. The van der Waals surface area contributed by atoms with Crippen LogP contribution in [0.4, 0.5) is 0 Å². The molecule has 0 aliphatic carbocycles. The molecular weight excluding hydrogens is 254 g/mol. The van der Waals surface area contributed by atoms with Crippen molar-refractivity contribution in [2.24, 2.45) is 7.05 Å². The van der Waals surface area contributed by atoms with Crippen LogP contribution in [0.5, 0.6) is 11.5 Å². The van der Waals surface area contributed by atoms with Gasteiger partial charge in [-0.1, -0.05) is 13.0 Å². The zero-order chi connectivity index (χ0) is 14.4. The largest absolute Gasteiger partial charge is 0.493 e. The maximum Gasteiger partial charge on any atom is 0.162 e. The molecule has 0 saturated heterocycles. The van der Waals surface area contributed by atoms with Crippen molar-refractivity contribution in [1.29, 1.82) is 0 Å². The fraction of sp³-hybridized carbons (Fsp3) is 0.400. The number of benzene rings is 1. The van der Waals surface area contributed by atoms with Crippen LogP contribution in [-0.2, 0) is 20.2 Å². The molecule has 1 heterocycles. The molecule has 0 radical (unpaired) electrons. The Hall–Kier alpha value is -2.01. The van der Waals surface area contributed by atoms with Gasteiger partial charge in [-0.15, -0.1) is 0 Å². The highest BCUT2D eigenvalue weighted by Gasteiger charge is 2.07. The van der Waals surface area contributed by atoms with Crippen LogP contribution in [0.25, 0.3) is 0 Å². The Labute approximate surface area is 119 Å². The van der Waals surface area contributed by atoms with E-state index in [-0.39, 0.29) is 0 Å². The van der Waals surface area contributed by atoms with Crippen molar-refractivity contribution in [2.45, 2.75) is 20.1 Å². The van der Waals surface area contributed by atoms with Gasteiger partial charge in [-0.3, -0.25) is 4.68 Å². The minimum Gasteiger partial charge on any atom is -0.493 e. The number of hydrogen-bond acceptors (Lipinski definition) is 4. The Morgan fingerprint density at radius 3 is 2.75 bits per heavy atom. The Bertz CT molecular complexity index is 552. The molecule has 0 bridgehead atoms. The molecular formula is C15H21N3O2. The van der Waals surface area contributed by atoms with Gasteiger partial charge < -0.3 is 14.8 Å². The number of nitrogens with zero attached hydrogens (tertiary/aromatic N) is 2. The first kappa shape index (κ1) is 14.4. The van der Waals surface area contributed by atoms with E-state index in [9.17, 15) is 0 Å². The van der Waals surface area contributed by atoms with Crippen LogP contribution in [0.15, 0.2) is 30.5 Å². The quantitative estimate of drug-likeness (QED) is 0.841. The van der Waals surface area contributed by atoms with E-state index in [4.69, 9.17) is 9.47 Å². The van der Waals surface area contributed by atoms with Gasteiger partial charge in [0.1, 0.15) is 6.61 Å². The summed E-state index contributed by atoms with van der Waals surface area (Å²) in [6.07, 6.45) is 1.90. The van der Waals surface area contributed by atoms with E-state index >= 15 is 0 Å². The van der Waals surface area contributed by atoms with Crippen molar-refractivity contribution < 1.29 is 9.47 Å². The highest BCUT2D eigenvalue weighted by Crippen LogP contribution is 2.28. The van der Waals surface area contributed by atoms with Crippen molar-refractivity contribution in [1.82, 2.24) is 15.1 Å². The summed E-state index contributed by atoms with van der Waals surface area (Å²) < 4.78 is 12.9. The fourth-order valence-electron chi connectivity index (χ4n) is 1.91. The van der Waals surface area contributed by atoms with E-state index < -0.39 is 0 Å². The second-order valence-corrected chi connectivity index (χ2v) is 4.53. The van der Waals surface area contributed by atoms with Gasteiger partial charge >= 0.3 is 0 Å². The molecule has 5 heteroatoms. The van der Waals surface area contributed by atoms with Crippen molar-refractivity contribution in [3.05, 3.63) is 41.7 Å². The van der Waals surface area contributed by atoms with Crippen LogP contribution in [0, 0.1) is 0 Å². The number of nitrogens with one attached hydrogen (secondary N) is 1. The minimum absolute atomic E-state index is 0.432. The first-order valence-corrected chi connectivity index (χ1v) is 6.72. The van der Waals surface area contributed by atoms with Gasteiger partial charge in [0.25, 0.3) is 0 Å². The van der Waals surface area contributed by atoms with Crippen molar-refractivity contribution in [3.8, 4) is 11.5 Å². The lowest BCUT2D eigenvalue weighted by Gasteiger charge is -2.12. The molecule has 0 amide bonds. The van der Waals surface area contributed by atoms with Gasteiger partial charge in [-0.25, -0.2) is 0 Å². The van der Waals surface area contributed by atoms with Crippen molar-refractivity contribution in [3.63, 3.8) is 0 Å². The highest BCUT2D eigenvalue weighted by molar-refractivity contribution is 5.43. The predicted molar refractivity (Wildman–Crippen MR) is 77.9 cm³/mol. The van der Waals surface area contributed by atoms with Gasteiger partial charge in [-0.2, -0.15) is 5.10 Å². The van der Waals surface area contributed by atoms with E-state index in [1.165, 1.54) is 5.56 Å². The van der Waals surface area contributed by atoms with Gasteiger partial charge in [0, 0.05) is 19.8 Å². The Kier molecular flexibility index (Phi) is 5.01. The lowest BCUT2D eigenvalue weighted by molar-refractivity contribution is 0.279. The van der Waals surface area contributed by atoms with Gasteiger partial charge in [0.15, 0.2) is 11.5 Å². The number of aryl methyl sites for hydroxylation is 1. The fourth-order valence-corrected chi connectivity index (χ4v) is 1.91. The average molecular weight is 275 g/mol. The van der Waals surface area contributed by atoms with Crippen LogP contribution < -0.4 is 14.8 Å². The first-order chi connectivity index (χ1) is 9.72. The molecule has 108 valence electrons.